The maximum atomic E-state index is 15.6. The van der Waals surface area contributed by atoms with Gasteiger partial charge in [-0.25, -0.2) is 32.3 Å². The number of nitrogens with zero attached hydrogens (tertiary/aromatic N) is 4. The Morgan fingerprint density at radius 3 is 2.11 bits per heavy atom. The Hall–Kier alpha value is -2.96. The van der Waals surface area contributed by atoms with E-state index in [1.165, 1.54) is 0 Å². The van der Waals surface area contributed by atoms with E-state index in [-0.39, 0.29) is 12.4 Å². The van der Waals surface area contributed by atoms with Crippen LogP contribution in [0.25, 0.3) is 0 Å². The van der Waals surface area contributed by atoms with Gasteiger partial charge in [0.25, 0.3) is 0 Å². The summed E-state index contributed by atoms with van der Waals surface area (Å²) < 4.78 is 59.3. The fourth-order valence-corrected chi connectivity index (χ4v) is 3.71. The highest BCUT2D eigenvalue weighted by Crippen LogP contribution is 2.52. The molecule has 2 N–H and O–H groups in total. The highest BCUT2D eigenvalue weighted by Gasteiger charge is 2.54. The molecule has 38 heavy (non-hydrogen) atoms. The zero-order valence-corrected chi connectivity index (χ0v) is 22.8. The van der Waals surface area contributed by atoms with Crippen molar-refractivity contribution in [2.45, 2.75) is 66.0 Å². The minimum absolute atomic E-state index is 0.338. The summed E-state index contributed by atoms with van der Waals surface area (Å²) in [7, 11) is -4.74. The molecule has 0 saturated carbocycles. The van der Waals surface area contributed by atoms with E-state index in [1.54, 1.807) is 47.6 Å². The Kier molecular flexibility index (Phi) is 9.40. The van der Waals surface area contributed by atoms with Crippen LogP contribution in [-0.2, 0) is 47.7 Å². The Morgan fingerprint density at radius 2 is 1.66 bits per heavy atom. The van der Waals surface area contributed by atoms with Gasteiger partial charge in [-0.3, -0.25) is 14.1 Å². The minimum atomic E-state index is -4.74. The number of alkyl halides is 1. The van der Waals surface area contributed by atoms with Gasteiger partial charge in [-0.1, -0.05) is 0 Å². The van der Waals surface area contributed by atoms with E-state index in [2.05, 4.69) is 9.97 Å². The normalized spacial score (nSPS) is 22.1. The van der Waals surface area contributed by atoms with E-state index >= 15 is 4.39 Å². The largest absolute Gasteiger partial charge is 0.480 e. The van der Waals surface area contributed by atoms with Gasteiger partial charge in [-0.2, -0.15) is 10.2 Å². The number of nitrogen functional groups attached to an aromatic ring is 1. The average Bonchev–Trinajstić information content (AvgIpc) is 3.15. The molecule has 15 nitrogen and oxygen atoms in total. The second-order valence-corrected chi connectivity index (χ2v) is 12.0. The molecule has 2 rings (SSSR count). The predicted octanol–water partition coefficient (Wildman–Crippen LogP) is 2.12. The zero-order valence-electron chi connectivity index (χ0n) is 21.9. The van der Waals surface area contributed by atoms with Gasteiger partial charge in [-0.05, 0) is 41.5 Å². The van der Waals surface area contributed by atoms with Crippen LogP contribution in [0.1, 0.15) is 54.4 Å². The fraction of sp³-hybridized carbons (Fsp3) is 0.714. The van der Waals surface area contributed by atoms with E-state index in [0.29, 0.717) is 4.57 Å². The summed E-state index contributed by atoms with van der Waals surface area (Å²) in [5.74, 6) is -4.54. The van der Waals surface area contributed by atoms with Crippen molar-refractivity contribution in [2.24, 2.45) is 10.8 Å². The Bertz CT molecular complexity index is 1150. The molecule has 2 atom stereocenters. The molecule has 0 bridgehead atoms. The lowest BCUT2D eigenvalue weighted by molar-refractivity contribution is -0.204. The number of esters is 2. The molecule has 0 unspecified atom stereocenters. The van der Waals surface area contributed by atoms with Crippen LogP contribution >= 0.6 is 7.82 Å². The predicted molar refractivity (Wildman–Crippen MR) is 125 cm³/mol. The number of hydrogen-bond donors (Lipinski definition) is 1. The van der Waals surface area contributed by atoms with Crippen molar-refractivity contribution in [2.75, 3.05) is 25.9 Å². The second-order valence-electron chi connectivity index (χ2n) is 10.3. The Morgan fingerprint density at radius 1 is 1.13 bits per heavy atom. The third-order valence-electron chi connectivity index (χ3n) is 4.94. The van der Waals surface area contributed by atoms with Crippen molar-refractivity contribution in [3.8, 4) is 6.07 Å². The highest BCUT2D eigenvalue weighted by molar-refractivity contribution is 7.48. The molecule has 0 amide bonds. The summed E-state index contributed by atoms with van der Waals surface area (Å²) in [5.41, 5.74) is 0.356. The quantitative estimate of drug-likeness (QED) is 0.246. The van der Waals surface area contributed by atoms with Crippen molar-refractivity contribution in [3.63, 3.8) is 0 Å². The van der Waals surface area contributed by atoms with Crippen LogP contribution in [-0.4, -0.2) is 52.5 Å². The molecule has 0 radical (unpaired) electrons. The van der Waals surface area contributed by atoms with Gasteiger partial charge in [0.15, 0.2) is 0 Å². The number of aromatic nitrogens is 3. The van der Waals surface area contributed by atoms with Crippen LogP contribution in [0.3, 0.4) is 0 Å². The number of halogens is 1. The van der Waals surface area contributed by atoms with E-state index in [9.17, 15) is 24.2 Å². The van der Waals surface area contributed by atoms with Crippen LogP contribution in [0.5, 0.6) is 0 Å². The first-order valence-electron chi connectivity index (χ1n) is 11.2. The smallest absolute Gasteiger partial charge is 0.437 e. The summed E-state index contributed by atoms with van der Waals surface area (Å²) >= 11 is 0. The number of nitrogens with two attached hydrogens (primary N) is 1. The topological polar surface area (TPSA) is 204 Å². The van der Waals surface area contributed by atoms with Crippen molar-refractivity contribution in [1.82, 2.24) is 14.5 Å². The van der Waals surface area contributed by atoms with Crippen LogP contribution in [0.2, 0.25) is 0 Å². The molecule has 0 spiro atoms. The minimum Gasteiger partial charge on any atom is -0.437 e. The van der Waals surface area contributed by atoms with Crippen molar-refractivity contribution in [1.29, 1.82) is 5.26 Å². The summed E-state index contributed by atoms with van der Waals surface area (Å²) in [6.45, 7) is 6.48. The lowest BCUT2D eigenvalue weighted by Crippen LogP contribution is -2.43. The first-order valence-corrected chi connectivity index (χ1v) is 12.7. The van der Waals surface area contributed by atoms with Crippen molar-refractivity contribution >= 4 is 25.7 Å². The van der Waals surface area contributed by atoms with Gasteiger partial charge >= 0.3 is 25.5 Å². The van der Waals surface area contributed by atoms with Gasteiger partial charge in [0.05, 0.1) is 10.8 Å². The summed E-state index contributed by atoms with van der Waals surface area (Å²) in [4.78, 5) is 43.1. The molecule has 212 valence electrons. The molecule has 2 heterocycles. The number of anilines is 1. The maximum absolute atomic E-state index is 15.6. The molecule has 1 saturated heterocycles. The maximum Gasteiger partial charge on any atom is 0.480 e. The third-order valence-corrected chi connectivity index (χ3v) is 6.23. The number of phosphoric ester groups is 1. The molecular weight excluding hydrogens is 532 g/mol. The Labute approximate surface area is 217 Å². The van der Waals surface area contributed by atoms with Crippen LogP contribution < -0.4 is 11.4 Å². The number of rotatable bonds is 10. The van der Waals surface area contributed by atoms with Crippen molar-refractivity contribution < 1.29 is 46.3 Å². The van der Waals surface area contributed by atoms with Crippen molar-refractivity contribution in [3.05, 3.63) is 16.8 Å². The second kappa shape index (κ2) is 11.4. The third kappa shape index (κ3) is 8.02. The molecular formula is C21H31FN5O10P. The van der Waals surface area contributed by atoms with E-state index in [0.717, 1.165) is 6.33 Å². The summed E-state index contributed by atoms with van der Waals surface area (Å²) in [5, 5.41) is 9.66. The zero-order chi connectivity index (χ0) is 29.0. The molecule has 1 fully saturated rings. The van der Waals surface area contributed by atoms with Gasteiger partial charge in [-0.15, -0.1) is 0 Å². The molecule has 1 aliphatic heterocycles. The van der Waals surface area contributed by atoms with Gasteiger partial charge < -0.3 is 19.9 Å². The number of carbonyl (C=O) groups is 2. The molecule has 0 aromatic carbocycles. The summed E-state index contributed by atoms with van der Waals surface area (Å²) in [6.07, 6.45) is 0.0507. The summed E-state index contributed by atoms with van der Waals surface area (Å²) in [6, 6.07) is 1.71. The number of nitriles is 1. The SMILES string of the molecule is CC(C)(C)C(=O)OCOP(=O)(OCOC(=O)C(C)(C)C)OC[C@]1(F)CC[C@](C#N)(n2cnc(N)nc2=O)O1. The average molecular weight is 563 g/mol. The van der Waals surface area contributed by atoms with Crippen LogP contribution in [0.4, 0.5) is 10.3 Å². The fourth-order valence-electron chi connectivity index (χ4n) is 2.77. The van der Waals surface area contributed by atoms with Gasteiger partial charge in [0.2, 0.25) is 31.1 Å². The van der Waals surface area contributed by atoms with E-state index < -0.39 is 74.5 Å². The first kappa shape index (κ1) is 31.3. The standard InChI is InChI=1S/C21H31FN5O10P/c1-18(2,3)14(28)32-12-35-38(31,36-13-33-15(29)19(4,5)6)34-10-20(22)7-8-21(9-23,37-20)27-11-25-16(24)26-17(27)30/h11H,7-8,10,12-13H2,1-6H3,(H2,24,26,30)/t20-,21-/m0/s1. The number of carbonyl (C=O) groups excluding carboxylic acids is 2. The lowest BCUT2D eigenvalue weighted by Gasteiger charge is -2.27. The number of hydrogen-bond acceptors (Lipinski definition) is 14. The Balaban J connectivity index is 2.15. The highest BCUT2D eigenvalue weighted by atomic mass is 31.2. The van der Waals surface area contributed by atoms with Crippen LogP contribution in [0.15, 0.2) is 11.1 Å². The molecule has 1 aliphatic rings. The van der Waals surface area contributed by atoms with E-state index in [1.807, 2.05) is 0 Å². The molecule has 0 aliphatic carbocycles. The van der Waals surface area contributed by atoms with Crippen LogP contribution in [0, 0.1) is 22.2 Å². The lowest BCUT2D eigenvalue weighted by atomic mass is 9.98. The van der Waals surface area contributed by atoms with E-state index in [4.69, 9.17) is 33.5 Å². The number of ether oxygens (including phenoxy) is 3. The molecule has 1 aromatic heterocycles. The molecule has 1 aromatic rings. The molecule has 17 heteroatoms. The monoisotopic (exact) mass is 563 g/mol. The van der Waals surface area contributed by atoms with Gasteiger partial charge in [0.1, 0.15) is 19.0 Å². The number of phosphoric acid groups is 1. The van der Waals surface area contributed by atoms with Gasteiger partial charge in [0, 0.05) is 12.8 Å². The first-order chi connectivity index (χ1) is 17.3.